The van der Waals surface area contributed by atoms with Crippen LogP contribution in [0.3, 0.4) is 0 Å². The molecule has 132 valence electrons. The van der Waals surface area contributed by atoms with Gasteiger partial charge >= 0.3 is 5.97 Å². The van der Waals surface area contributed by atoms with Crippen LogP contribution in [-0.4, -0.2) is 23.6 Å². The Balaban J connectivity index is 1.82. The second-order valence-electron chi connectivity index (χ2n) is 5.90. The highest BCUT2D eigenvalue weighted by molar-refractivity contribution is 5.90. The number of carboxylic acid groups (broad SMARTS) is 1. The van der Waals surface area contributed by atoms with Gasteiger partial charge in [-0.2, -0.15) is 0 Å². The fourth-order valence-corrected chi connectivity index (χ4v) is 2.45. The Hall–Kier alpha value is -2.89. The van der Waals surface area contributed by atoms with Gasteiger partial charge < -0.3 is 15.2 Å². The second kappa shape index (κ2) is 8.82. The number of benzene rings is 2. The monoisotopic (exact) mass is 345 g/mol. The fraction of sp³-hybridized carbons (Fsp3) is 0.263. The van der Waals surface area contributed by atoms with Crippen molar-refractivity contribution in [1.82, 2.24) is 0 Å². The average molecular weight is 345 g/mol. The molecule has 5 nitrogen and oxygen atoms in total. The second-order valence-corrected chi connectivity index (χ2v) is 5.90. The minimum Gasteiger partial charge on any atom is -0.482 e. The molecule has 0 aliphatic rings. The maximum Gasteiger partial charge on any atom is 0.341 e. The quantitative estimate of drug-likeness (QED) is 0.768. The van der Waals surface area contributed by atoms with Crippen molar-refractivity contribution in [1.29, 1.82) is 0 Å². The largest absolute Gasteiger partial charge is 0.482 e. The van der Waals surface area contributed by atoms with E-state index in [1.165, 1.54) is 12.1 Å². The van der Waals surface area contributed by atoms with Gasteiger partial charge in [0.25, 0.3) is 0 Å². The summed E-state index contributed by atoms with van der Waals surface area (Å²) in [7, 11) is 0. The molecular formula is C19H20FNO4. The van der Waals surface area contributed by atoms with Crippen LogP contribution < -0.4 is 10.1 Å². The first-order valence-electron chi connectivity index (χ1n) is 7.91. The Morgan fingerprint density at radius 2 is 1.92 bits per heavy atom. The number of hydrogen-bond acceptors (Lipinski definition) is 3. The van der Waals surface area contributed by atoms with E-state index in [1.54, 1.807) is 30.3 Å². The molecule has 0 spiro atoms. The van der Waals surface area contributed by atoms with E-state index in [9.17, 15) is 14.0 Å². The van der Waals surface area contributed by atoms with Crippen LogP contribution >= 0.6 is 0 Å². The number of nitrogens with one attached hydrogen (secondary N) is 1. The van der Waals surface area contributed by atoms with Crippen LogP contribution in [0.1, 0.15) is 18.9 Å². The van der Waals surface area contributed by atoms with Crippen molar-refractivity contribution in [3.8, 4) is 5.75 Å². The molecule has 0 aliphatic heterocycles. The van der Waals surface area contributed by atoms with E-state index in [1.807, 2.05) is 13.0 Å². The van der Waals surface area contributed by atoms with Gasteiger partial charge in [-0.3, -0.25) is 4.79 Å². The summed E-state index contributed by atoms with van der Waals surface area (Å²) in [6.07, 6.45) is 0.931. The molecule has 0 aromatic heterocycles. The zero-order valence-electron chi connectivity index (χ0n) is 13.9. The summed E-state index contributed by atoms with van der Waals surface area (Å²) >= 11 is 0. The van der Waals surface area contributed by atoms with Crippen molar-refractivity contribution in [2.75, 3.05) is 11.9 Å². The smallest absolute Gasteiger partial charge is 0.341 e. The first kappa shape index (κ1) is 18.4. The van der Waals surface area contributed by atoms with Gasteiger partial charge in [0.1, 0.15) is 11.6 Å². The van der Waals surface area contributed by atoms with Gasteiger partial charge in [0, 0.05) is 12.1 Å². The van der Waals surface area contributed by atoms with E-state index in [0.717, 1.165) is 5.56 Å². The highest BCUT2D eigenvalue weighted by Crippen LogP contribution is 2.18. The third-order valence-electron chi connectivity index (χ3n) is 3.51. The molecule has 0 saturated heterocycles. The lowest BCUT2D eigenvalue weighted by Crippen LogP contribution is -2.16. The van der Waals surface area contributed by atoms with Crippen molar-refractivity contribution in [2.45, 2.75) is 19.8 Å². The lowest BCUT2D eigenvalue weighted by atomic mass is 9.97. The number of carbonyl (C=O) groups excluding carboxylic acids is 1. The molecule has 2 aromatic carbocycles. The molecule has 1 atom stereocenters. The number of rotatable bonds is 8. The number of amides is 1. The Morgan fingerprint density at radius 1 is 1.20 bits per heavy atom. The molecule has 2 aromatic rings. The van der Waals surface area contributed by atoms with Crippen molar-refractivity contribution in [2.24, 2.45) is 5.92 Å². The van der Waals surface area contributed by atoms with Crippen molar-refractivity contribution in [3.05, 3.63) is 59.9 Å². The molecule has 2 rings (SSSR count). The van der Waals surface area contributed by atoms with Crippen LogP contribution in [-0.2, 0) is 16.0 Å². The summed E-state index contributed by atoms with van der Waals surface area (Å²) in [4.78, 5) is 22.5. The van der Waals surface area contributed by atoms with Gasteiger partial charge in [0.2, 0.25) is 5.91 Å². The highest BCUT2D eigenvalue weighted by Gasteiger charge is 2.11. The summed E-state index contributed by atoms with van der Waals surface area (Å²) < 4.78 is 18.2. The topological polar surface area (TPSA) is 75.6 Å². The van der Waals surface area contributed by atoms with Crippen LogP contribution in [0.15, 0.2) is 48.5 Å². The lowest BCUT2D eigenvalue weighted by Gasteiger charge is -2.12. The van der Waals surface area contributed by atoms with Gasteiger partial charge in [-0.1, -0.05) is 19.1 Å². The molecular weight excluding hydrogens is 325 g/mol. The normalized spacial score (nSPS) is 11.6. The van der Waals surface area contributed by atoms with Gasteiger partial charge in [-0.05, 0) is 54.3 Å². The molecule has 0 saturated carbocycles. The molecule has 6 heteroatoms. The van der Waals surface area contributed by atoms with E-state index >= 15 is 0 Å². The molecule has 0 fully saturated rings. The summed E-state index contributed by atoms with van der Waals surface area (Å²) in [5.41, 5.74) is 1.46. The van der Waals surface area contributed by atoms with Gasteiger partial charge in [0.05, 0.1) is 0 Å². The molecule has 2 N–H and O–H groups in total. The first-order valence-corrected chi connectivity index (χ1v) is 7.91. The Bertz CT molecular complexity index is 730. The minimum atomic E-state index is -1.05. The van der Waals surface area contributed by atoms with Crippen LogP contribution in [0.2, 0.25) is 0 Å². The predicted molar refractivity (Wildman–Crippen MR) is 92.1 cm³/mol. The summed E-state index contributed by atoms with van der Waals surface area (Å²) in [6.45, 7) is 1.52. The lowest BCUT2D eigenvalue weighted by molar-refractivity contribution is -0.139. The summed E-state index contributed by atoms with van der Waals surface area (Å²) in [6, 6.07) is 12.8. The molecule has 0 heterocycles. The number of hydrogen-bond donors (Lipinski definition) is 2. The molecule has 0 radical (unpaired) electrons. The van der Waals surface area contributed by atoms with Crippen molar-refractivity contribution < 1.29 is 23.8 Å². The van der Waals surface area contributed by atoms with Gasteiger partial charge in [-0.15, -0.1) is 0 Å². The number of carbonyl (C=O) groups is 2. The van der Waals surface area contributed by atoms with Gasteiger partial charge in [-0.25, -0.2) is 9.18 Å². The maximum absolute atomic E-state index is 13.2. The summed E-state index contributed by atoms with van der Waals surface area (Å²) in [5, 5.41) is 11.3. The van der Waals surface area contributed by atoms with E-state index in [2.05, 4.69) is 5.32 Å². The zero-order valence-corrected chi connectivity index (χ0v) is 13.9. The van der Waals surface area contributed by atoms with Crippen molar-refractivity contribution >= 4 is 17.6 Å². The SMILES string of the molecule is CC(CC(=O)Nc1ccc(OCC(=O)O)cc1)Cc1cccc(F)c1. The number of halogens is 1. The van der Waals surface area contributed by atoms with Crippen LogP contribution in [0, 0.1) is 11.7 Å². The third kappa shape index (κ3) is 6.63. The summed E-state index contributed by atoms with van der Waals surface area (Å²) in [5.74, 6) is -0.980. The van der Waals surface area contributed by atoms with Crippen LogP contribution in [0.25, 0.3) is 0 Å². The third-order valence-corrected chi connectivity index (χ3v) is 3.51. The molecule has 1 amide bonds. The molecule has 0 aliphatic carbocycles. The van der Waals surface area contributed by atoms with Crippen LogP contribution in [0.5, 0.6) is 5.75 Å². The number of carboxylic acids is 1. The minimum absolute atomic E-state index is 0.0694. The zero-order chi connectivity index (χ0) is 18.2. The molecule has 0 bridgehead atoms. The van der Waals surface area contributed by atoms with E-state index in [-0.39, 0.29) is 17.6 Å². The fourth-order valence-electron chi connectivity index (χ4n) is 2.45. The average Bonchev–Trinajstić information content (AvgIpc) is 2.53. The van der Waals surface area contributed by atoms with E-state index in [4.69, 9.17) is 9.84 Å². The standard InChI is InChI=1S/C19H20FNO4/c1-13(9-14-3-2-4-15(20)11-14)10-18(22)21-16-5-7-17(8-6-16)25-12-19(23)24/h2-8,11,13H,9-10,12H2,1H3,(H,21,22)(H,23,24). The predicted octanol–water partition coefficient (Wildman–Crippen LogP) is 3.50. The van der Waals surface area contributed by atoms with Crippen molar-refractivity contribution in [3.63, 3.8) is 0 Å². The Labute approximate surface area is 145 Å². The first-order chi connectivity index (χ1) is 11.9. The highest BCUT2D eigenvalue weighted by atomic mass is 19.1. The Kier molecular flexibility index (Phi) is 6.51. The number of ether oxygens (including phenoxy) is 1. The number of anilines is 1. The number of aliphatic carboxylic acids is 1. The van der Waals surface area contributed by atoms with E-state index in [0.29, 0.717) is 24.3 Å². The molecule has 1 unspecified atom stereocenters. The van der Waals surface area contributed by atoms with Gasteiger partial charge in [0.15, 0.2) is 6.61 Å². The Morgan fingerprint density at radius 3 is 2.56 bits per heavy atom. The maximum atomic E-state index is 13.2. The molecule has 25 heavy (non-hydrogen) atoms. The van der Waals surface area contributed by atoms with Crippen LogP contribution in [0.4, 0.5) is 10.1 Å². The van der Waals surface area contributed by atoms with E-state index < -0.39 is 12.6 Å².